The Morgan fingerprint density at radius 2 is 1.82 bits per heavy atom. The van der Waals surface area contributed by atoms with Crippen LogP contribution >= 0.6 is 11.3 Å². The first kappa shape index (κ1) is 17.1. The molecular formula is C16H21NO3S2. The van der Waals surface area contributed by atoms with Crippen LogP contribution in [0.25, 0.3) is 0 Å². The highest BCUT2D eigenvalue weighted by atomic mass is 32.2. The molecular weight excluding hydrogens is 318 g/mol. The molecule has 1 heterocycles. The van der Waals surface area contributed by atoms with Gasteiger partial charge in [-0.3, -0.25) is 0 Å². The van der Waals surface area contributed by atoms with Gasteiger partial charge in [-0.15, -0.1) is 11.3 Å². The first-order valence-corrected chi connectivity index (χ1v) is 9.33. The average Bonchev–Trinajstić information content (AvgIpc) is 2.95. The van der Waals surface area contributed by atoms with Crippen molar-refractivity contribution in [3.63, 3.8) is 0 Å². The molecule has 0 fully saturated rings. The smallest absolute Gasteiger partial charge is 0.240 e. The summed E-state index contributed by atoms with van der Waals surface area (Å²) in [7, 11) is -3.66. The zero-order valence-electron chi connectivity index (χ0n) is 13.2. The monoisotopic (exact) mass is 339 g/mol. The van der Waals surface area contributed by atoms with Crippen molar-refractivity contribution in [2.45, 2.75) is 38.2 Å². The van der Waals surface area contributed by atoms with Gasteiger partial charge in [0.25, 0.3) is 0 Å². The first-order chi connectivity index (χ1) is 10.1. The molecule has 0 aliphatic heterocycles. The van der Waals surface area contributed by atoms with Crippen LogP contribution in [0, 0.1) is 20.8 Å². The molecule has 0 bridgehead atoms. The summed E-state index contributed by atoms with van der Waals surface area (Å²) in [6.45, 7) is 7.15. The molecule has 0 radical (unpaired) electrons. The van der Waals surface area contributed by atoms with Crippen molar-refractivity contribution < 1.29 is 13.5 Å². The lowest BCUT2D eigenvalue weighted by atomic mass is 10.1. The van der Waals surface area contributed by atoms with E-state index in [1.54, 1.807) is 26.0 Å². The van der Waals surface area contributed by atoms with Crippen LogP contribution in [-0.4, -0.2) is 20.1 Å². The molecule has 1 atom stereocenters. The second kappa shape index (κ2) is 6.12. The lowest BCUT2D eigenvalue weighted by molar-refractivity contribution is 0.0666. The van der Waals surface area contributed by atoms with Crippen LogP contribution in [0.15, 0.2) is 34.5 Å². The van der Waals surface area contributed by atoms with Gasteiger partial charge in [0.1, 0.15) is 5.60 Å². The topological polar surface area (TPSA) is 66.4 Å². The summed E-state index contributed by atoms with van der Waals surface area (Å²) >= 11 is 1.40. The second-order valence-electron chi connectivity index (χ2n) is 5.78. The molecule has 22 heavy (non-hydrogen) atoms. The summed E-state index contributed by atoms with van der Waals surface area (Å²) in [5, 5.41) is 12.3. The number of rotatable bonds is 5. The van der Waals surface area contributed by atoms with Gasteiger partial charge in [-0.05, 0) is 61.9 Å². The zero-order chi connectivity index (χ0) is 16.5. The molecule has 120 valence electrons. The third-order valence-corrected chi connectivity index (χ3v) is 6.41. The minimum absolute atomic E-state index is 0.0673. The predicted molar refractivity (Wildman–Crippen MR) is 89.7 cm³/mol. The number of aliphatic hydroxyl groups is 1. The zero-order valence-corrected chi connectivity index (χ0v) is 14.8. The normalized spacial score (nSPS) is 14.8. The molecule has 0 amide bonds. The van der Waals surface area contributed by atoms with Crippen LogP contribution in [0.5, 0.6) is 0 Å². The third kappa shape index (κ3) is 3.57. The Bertz CT molecular complexity index is 763. The number of sulfonamides is 1. The number of aryl methyl sites for hydroxylation is 3. The Kier molecular flexibility index (Phi) is 4.77. The molecule has 4 nitrogen and oxygen atoms in total. The summed E-state index contributed by atoms with van der Waals surface area (Å²) < 4.78 is 27.5. The van der Waals surface area contributed by atoms with Crippen molar-refractivity contribution in [1.82, 2.24) is 4.72 Å². The quantitative estimate of drug-likeness (QED) is 0.880. The van der Waals surface area contributed by atoms with Gasteiger partial charge in [0.2, 0.25) is 10.0 Å². The maximum atomic E-state index is 12.5. The molecule has 2 aromatic rings. The molecule has 1 aromatic carbocycles. The van der Waals surface area contributed by atoms with Crippen LogP contribution in [0.1, 0.15) is 28.5 Å². The van der Waals surface area contributed by atoms with E-state index in [-0.39, 0.29) is 11.4 Å². The van der Waals surface area contributed by atoms with Gasteiger partial charge in [0.15, 0.2) is 0 Å². The Balaban J connectivity index is 2.24. The SMILES string of the molecule is Cc1cc(C)c(S(=O)(=O)NC[C@](C)(O)c2cccs2)cc1C. The largest absolute Gasteiger partial charge is 0.383 e. The van der Waals surface area contributed by atoms with Gasteiger partial charge in [-0.1, -0.05) is 12.1 Å². The van der Waals surface area contributed by atoms with E-state index < -0.39 is 15.6 Å². The van der Waals surface area contributed by atoms with E-state index in [9.17, 15) is 13.5 Å². The fourth-order valence-electron chi connectivity index (χ4n) is 2.21. The standard InChI is InChI=1S/C16H21NO3S2/c1-11-8-13(3)14(9-12(11)2)22(19,20)17-10-16(4,18)15-6-5-7-21-15/h5-9,17-18H,10H2,1-4H3/t16-/m0/s1. The van der Waals surface area contributed by atoms with E-state index in [0.29, 0.717) is 5.56 Å². The molecule has 0 spiro atoms. The molecule has 0 aliphatic rings. The second-order valence-corrected chi connectivity index (χ2v) is 8.46. The van der Waals surface area contributed by atoms with E-state index in [4.69, 9.17) is 0 Å². The van der Waals surface area contributed by atoms with Crippen molar-refractivity contribution in [2.24, 2.45) is 0 Å². The van der Waals surface area contributed by atoms with Crippen molar-refractivity contribution in [3.8, 4) is 0 Å². The number of hydrogen-bond acceptors (Lipinski definition) is 4. The number of thiophene rings is 1. The molecule has 0 saturated carbocycles. The Hall–Kier alpha value is -1.21. The predicted octanol–water partition coefficient (Wildman–Crippen LogP) is 2.86. The molecule has 6 heteroatoms. The Morgan fingerprint density at radius 3 is 2.41 bits per heavy atom. The van der Waals surface area contributed by atoms with Crippen LogP contribution in [-0.2, 0) is 15.6 Å². The summed E-state index contributed by atoms with van der Waals surface area (Å²) in [6.07, 6.45) is 0. The Labute approximate surface area is 135 Å². The lowest BCUT2D eigenvalue weighted by Crippen LogP contribution is -2.38. The minimum atomic E-state index is -3.66. The van der Waals surface area contributed by atoms with Gasteiger partial charge >= 0.3 is 0 Å². The summed E-state index contributed by atoms with van der Waals surface area (Å²) in [5.41, 5.74) is 1.46. The molecule has 0 saturated heterocycles. The molecule has 0 unspecified atom stereocenters. The van der Waals surface area contributed by atoms with Crippen LogP contribution < -0.4 is 4.72 Å². The molecule has 0 aliphatic carbocycles. The highest BCUT2D eigenvalue weighted by Crippen LogP contribution is 2.26. The van der Waals surface area contributed by atoms with Gasteiger partial charge < -0.3 is 5.11 Å². The van der Waals surface area contributed by atoms with Crippen molar-refractivity contribution in [3.05, 3.63) is 51.2 Å². The van der Waals surface area contributed by atoms with Crippen molar-refractivity contribution in [1.29, 1.82) is 0 Å². The number of nitrogens with one attached hydrogen (secondary N) is 1. The maximum absolute atomic E-state index is 12.5. The van der Waals surface area contributed by atoms with Gasteiger partial charge in [-0.25, -0.2) is 13.1 Å². The van der Waals surface area contributed by atoms with Crippen LogP contribution in [0.4, 0.5) is 0 Å². The fraction of sp³-hybridized carbons (Fsp3) is 0.375. The van der Waals surface area contributed by atoms with E-state index in [1.807, 2.05) is 31.4 Å². The van der Waals surface area contributed by atoms with E-state index in [0.717, 1.165) is 16.0 Å². The van der Waals surface area contributed by atoms with Crippen LogP contribution in [0.3, 0.4) is 0 Å². The Morgan fingerprint density at radius 1 is 1.18 bits per heavy atom. The average molecular weight is 339 g/mol. The van der Waals surface area contributed by atoms with Crippen molar-refractivity contribution >= 4 is 21.4 Å². The molecule has 2 rings (SSSR count). The van der Waals surface area contributed by atoms with E-state index in [1.165, 1.54) is 11.3 Å². The summed E-state index contributed by atoms with van der Waals surface area (Å²) in [4.78, 5) is 0.990. The fourth-order valence-corrected chi connectivity index (χ4v) is 4.44. The van der Waals surface area contributed by atoms with E-state index in [2.05, 4.69) is 4.72 Å². The highest BCUT2D eigenvalue weighted by molar-refractivity contribution is 7.89. The summed E-state index contributed by atoms with van der Waals surface area (Å²) in [6, 6.07) is 7.16. The lowest BCUT2D eigenvalue weighted by Gasteiger charge is -2.22. The molecule has 1 aromatic heterocycles. The van der Waals surface area contributed by atoms with Gasteiger partial charge in [0, 0.05) is 11.4 Å². The first-order valence-electron chi connectivity index (χ1n) is 6.97. The van der Waals surface area contributed by atoms with E-state index >= 15 is 0 Å². The van der Waals surface area contributed by atoms with Gasteiger partial charge in [-0.2, -0.15) is 0 Å². The highest BCUT2D eigenvalue weighted by Gasteiger charge is 2.27. The summed E-state index contributed by atoms with van der Waals surface area (Å²) in [5.74, 6) is 0. The number of benzene rings is 1. The molecule has 2 N–H and O–H groups in total. The maximum Gasteiger partial charge on any atom is 0.240 e. The number of hydrogen-bond donors (Lipinski definition) is 2. The third-order valence-electron chi connectivity index (χ3n) is 3.74. The van der Waals surface area contributed by atoms with Gasteiger partial charge in [0.05, 0.1) is 4.90 Å². The minimum Gasteiger partial charge on any atom is -0.383 e. The van der Waals surface area contributed by atoms with Crippen molar-refractivity contribution in [2.75, 3.05) is 6.54 Å². The van der Waals surface area contributed by atoms with Crippen LogP contribution in [0.2, 0.25) is 0 Å².